The molecule has 4 nitrogen and oxygen atoms in total. The lowest BCUT2D eigenvalue weighted by molar-refractivity contribution is 0.0600. The number of aromatic nitrogens is 1. The summed E-state index contributed by atoms with van der Waals surface area (Å²) in [5, 5.41) is 0.589. The first kappa shape index (κ1) is 20.3. The normalized spacial score (nSPS) is 10.8. The number of methoxy groups -OCH3 is 1. The molecular weight excluding hydrogens is 418 g/mol. The van der Waals surface area contributed by atoms with Gasteiger partial charge in [-0.25, -0.2) is 9.78 Å². The first-order valence-corrected chi connectivity index (χ1v) is 10.3. The van der Waals surface area contributed by atoms with Crippen LogP contribution in [-0.4, -0.2) is 18.1 Å². The van der Waals surface area contributed by atoms with E-state index in [9.17, 15) is 4.79 Å². The Bertz CT molecular complexity index is 1180. The Morgan fingerprint density at radius 3 is 2.30 bits per heavy atom. The van der Waals surface area contributed by atoms with Gasteiger partial charge in [0.15, 0.2) is 5.76 Å². The number of carbonyl (C=O) groups is 1. The molecule has 0 spiro atoms. The molecule has 0 unspecified atom stereocenters. The van der Waals surface area contributed by atoms with E-state index in [1.54, 1.807) is 24.3 Å². The van der Waals surface area contributed by atoms with Crippen molar-refractivity contribution >= 4 is 30.2 Å². The van der Waals surface area contributed by atoms with Gasteiger partial charge in [0.05, 0.1) is 17.7 Å². The van der Waals surface area contributed by atoms with Crippen molar-refractivity contribution < 1.29 is 13.9 Å². The summed E-state index contributed by atoms with van der Waals surface area (Å²) >= 11 is 10.8. The van der Waals surface area contributed by atoms with Gasteiger partial charge in [-0.2, -0.15) is 12.6 Å². The van der Waals surface area contributed by atoms with Crippen molar-refractivity contribution in [2.45, 2.75) is 5.75 Å². The number of carbonyl (C=O) groups excluding carboxylic acids is 1. The fourth-order valence-electron chi connectivity index (χ4n) is 3.10. The molecule has 6 heteroatoms. The molecule has 1 heterocycles. The molecule has 3 aromatic carbocycles. The van der Waals surface area contributed by atoms with E-state index in [-0.39, 0.29) is 0 Å². The predicted molar refractivity (Wildman–Crippen MR) is 122 cm³/mol. The van der Waals surface area contributed by atoms with Crippen LogP contribution in [0.4, 0.5) is 0 Å². The maximum absolute atomic E-state index is 11.7. The molecule has 1 aromatic heterocycles. The van der Waals surface area contributed by atoms with E-state index < -0.39 is 5.97 Å². The van der Waals surface area contributed by atoms with Gasteiger partial charge < -0.3 is 9.15 Å². The van der Waals surface area contributed by atoms with Crippen LogP contribution in [0, 0.1) is 0 Å². The van der Waals surface area contributed by atoms with Gasteiger partial charge in [0.25, 0.3) is 0 Å². The number of rotatable bonds is 5. The third-order valence-electron chi connectivity index (χ3n) is 4.71. The molecule has 4 aromatic rings. The summed E-state index contributed by atoms with van der Waals surface area (Å²) in [5.41, 5.74) is 4.65. The van der Waals surface area contributed by atoms with Crippen molar-refractivity contribution in [2.24, 2.45) is 0 Å². The average Bonchev–Trinajstić information content (AvgIpc) is 3.24. The SMILES string of the molecule is COC(=O)c1ccc(-c2nc(-c3ccccc3Cl)c(-c3ccc(CS)cc3)o2)cc1. The summed E-state index contributed by atoms with van der Waals surface area (Å²) in [6.07, 6.45) is 0. The number of halogens is 1. The van der Waals surface area contributed by atoms with Crippen molar-refractivity contribution in [3.05, 3.63) is 88.9 Å². The maximum atomic E-state index is 11.7. The van der Waals surface area contributed by atoms with Crippen LogP contribution < -0.4 is 0 Å². The van der Waals surface area contributed by atoms with Crippen LogP contribution in [-0.2, 0) is 10.5 Å². The van der Waals surface area contributed by atoms with E-state index in [1.165, 1.54) is 7.11 Å². The van der Waals surface area contributed by atoms with Crippen LogP contribution >= 0.6 is 24.2 Å². The average molecular weight is 436 g/mol. The molecule has 0 saturated carbocycles. The molecule has 0 saturated heterocycles. The molecular formula is C24H18ClNO3S. The Kier molecular flexibility index (Phi) is 5.93. The van der Waals surface area contributed by atoms with Crippen LogP contribution in [0.3, 0.4) is 0 Å². The molecule has 0 aliphatic rings. The van der Waals surface area contributed by atoms with Gasteiger partial charge in [-0.1, -0.05) is 54.1 Å². The molecule has 0 atom stereocenters. The highest BCUT2D eigenvalue weighted by Crippen LogP contribution is 2.38. The number of benzene rings is 3. The topological polar surface area (TPSA) is 52.3 Å². The molecule has 0 bridgehead atoms. The Balaban J connectivity index is 1.83. The maximum Gasteiger partial charge on any atom is 0.337 e. The number of hydrogen-bond acceptors (Lipinski definition) is 5. The second kappa shape index (κ2) is 8.78. The lowest BCUT2D eigenvalue weighted by atomic mass is 10.0. The van der Waals surface area contributed by atoms with E-state index >= 15 is 0 Å². The summed E-state index contributed by atoms with van der Waals surface area (Å²) in [7, 11) is 1.35. The minimum absolute atomic E-state index is 0.393. The second-order valence-electron chi connectivity index (χ2n) is 6.60. The zero-order chi connectivity index (χ0) is 21.1. The van der Waals surface area contributed by atoms with Gasteiger partial charge in [0.1, 0.15) is 5.69 Å². The van der Waals surface area contributed by atoms with E-state index in [4.69, 9.17) is 25.7 Å². The van der Waals surface area contributed by atoms with Crippen molar-refractivity contribution in [1.29, 1.82) is 0 Å². The highest BCUT2D eigenvalue weighted by molar-refractivity contribution is 7.79. The van der Waals surface area contributed by atoms with Crippen molar-refractivity contribution in [3.63, 3.8) is 0 Å². The van der Waals surface area contributed by atoms with Gasteiger partial charge in [-0.05, 0) is 35.9 Å². The van der Waals surface area contributed by atoms with Crippen LogP contribution in [0.25, 0.3) is 34.0 Å². The minimum atomic E-state index is -0.393. The lowest BCUT2D eigenvalue weighted by Crippen LogP contribution is -2.00. The molecule has 4 rings (SSSR count). The highest BCUT2D eigenvalue weighted by Gasteiger charge is 2.20. The van der Waals surface area contributed by atoms with Crippen molar-refractivity contribution in [3.8, 4) is 34.0 Å². The lowest BCUT2D eigenvalue weighted by Gasteiger charge is -2.04. The molecule has 0 aliphatic heterocycles. The third kappa shape index (κ3) is 3.99. The van der Waals surface area contributed by atoms with Gasteiger partial charge in [-0.15, -0.1) is 0 Å². The summed E-state index contributed by atoms with van der Waals surface area (Å²) in [4.78, 5) is 16.4. The summed E-state index contributed by atoms with van der Waals surface area (Å²) in [5.74, 6) is 1.33. The monoisotopic (exact) mass is 435 g/mol. The first-order valence-electron chi connectivity index (χ1n) is 9.25. The molecule has 0 amide bonds. The number of hydrogen-bond donors (Lipinski definition) is 1. The highest BCUT2D eigenvalue weighted by atomic mass is 35.5. The second-order valence-corrected chi connectivity index (χ2v) is 7.32. The summed E-state index contributed by atoms with van der Waals surface area (Å²) in [6, 6.07) is 22.4. The van der Waals surface area contributed by atoms with Crippen LogP contribution in [0.15, 0.2) is 77.2 Å². The molecule has 0 fully saturated rings. The van der Waals surface area contributed by atoms with Gasteiger partial charge >= 0.3 is 5.97 Å². The fourth-order valence-corrected chi connectivity index (χ4v) is 3.54. The molecule has 30 heavy (non-hydrogen) atoms. The Morgan fingerprint density at radius 2 is 1.67 bits per heavy atom. The van der Waals surface area contributed by atoms with Crippen LogP contribution in [0.5, 0.6) is 0 Å². The standard InChI is InChI=1S/C24H18ClNO3S/c1-28-24(27)18-12-10-17(11-13-18)23-26-21(19-4-2-3-5-20(19)25)22(29-23)16-8-6-15(14-30)7-9-16/h2-13,30H,14H2,1H3. The molecule has 150 valence electrons. The van der Waals surface area contributed by atoms with Crippen molar-refractivity contribution in [2.75, 3.05) is 7.11 Å². The van der Waals surface area contributed by atoms with Crippen LogP contribution in [0.1, 0.15) is 15.9 Å². The van der Waals surface area contributed by atoms with E-state index in [2.05, 4.69) is 12.6 Å². The number of esters is 1. The van der Waals surface area contributed by atoms with Crippen LogP contribution in [0.2, 0.25) is 5.02 Å². The third-order valence-corrected chi connectivity index (χ3v) is 5.40. The quantitative estimate of drug-likeness (QED) is 0.285. The van der Waals surface area contributed by atoms with E-state index in [0.717, 1.165) is 22.3 Å². The number of ether oxygens (including phenoxy) is 1. The summed E-state index contributed by atoms with van der Waals surface area (Å²) in [6.45, 7) is 0. The first-order chi connectivity index (χ1) is 14.6. The van der Waals surface area contributed by atoms with E-state index in [1.807, 2.05) is 48.5 Å². The Morgan fingerprint density at radius 1 is 1.00 bits per heavy atom. The Labute approximate surface area is 184 Å². The van der Waals surface area contributed by atoms with E-state index in [0.29, 0.717) is 33.7 Å². The zero-order valence-corrected chi connectivity index (χ0v) is 17.8. The minimum Gasteiger partial charge on any atom is -0.465 e. The molecule has 0 radical (unpaired) electrons. The number of oxazole rings is 1. The van der Waals surface area contributed by atoms with Crippen molar-refractivity contribution in [1.82, 2.24) is 4.98 Å². The smallest absolute Gasteiger partial charge is 0.337 e. The summed E-state index contributed by atoms with van der Waals surface area (Å²) < 4.78 is 10.9. The Hall–Kier alpha value is -3.02. The van der Waals surface area contributed by atoms with Gasteiger partial charge in [0.2, 0.25) is 5.89 Å². The predicted octanol–water partition coefficient (Wildman–Crippen LogP) is 6.55. The number of nitrogens with zero attached hydrogens (tertiary/aromatic N) is 1. The van der Waals surface area contributed by atoms with Gasteiger partial charge in [0, 0.05) is 22.4 Å². The largest absolute Gasteiger partial charge is 0.465 e. The number of thiol groups is 1. The zero-order valence-electron chi connectivity index (χ0n) is 16.1. The molecule has 0 N–H and O–H groups in total. The molecule has 0 aliphatic carbocycles. The van der Waals surface area contributed by atoms with Gasteiger partial charge in [-0.3, -0.25) is 0 Å². The fraction of sp³-hybridized carbons (Fsp3) is 0.0833.